The van der Waals surface area contributed by atoms with Gasteiger partial charge in [-0.2, -0.15) is 18.2 Å². The number of hydrogen-bond donors (Lipinski definition) is 0. The van der Waals surface area contributed by atoms with E-state index in [2.05, 4.69) is 152 Å². The summed E-state index contributed by atoms with van der Waals surface area (Å²) in [5, 5.41) is 10.6. The minimum absolute atomic E-state index is 0. The van der Waals surface area contributed by atoms with Crippen LogP contribution in [0.5, 0.6) is 0 Å². The van der Waals surface area contributed by atoms with Crippen LogP contribution in [0.1, 0.15) is 22.3 Å². The normalized spacial score (nSPS) is 10.9. The van der Waals surface area contributed by atoms with Crippen LogP contribution in [0.2, 0.25) is 0 Å². The second-order valence-electron chi connectivity index (χ2n) is 12.1. The van der Waals surface area contributed by atoms with E-state index in [0.717, 1.165) is 6.42 Å². The van der Waals surface area contributed by atoms with E-state index in [1.807, 2.05) is 36.4 Å². The first-order valence-electron chi connectivity index (χ1n) is 16.4. The van der Waals surface area contributed by atoms with Crippen molar-refractivity contribution >= 4 is 46.3 Å². The van der Waals surface area contributed by atoms with Crippen molar-refractivity contribution < 1.29 is 49.0 Å². The molecule has 9 aromatic carbocycles. The molecule has 0 saturated carbocycles. The van der Waals surface area contributed by atoms with Crippen molar-refractivity contribution in [1.82, 2.24) is 0 Å². The Morgan fingerprint density at radius 2 is 1.02 bits per heavy atom. The summed E-state index contributed by atoms with van der Waals surface area (Å²) in [4.78, 5) is 0. The monoisotopic (exact) mass is 756 g/mol. The van der Waals surface area contributed by atoms with Crippen molar-refractivity contribution in [3.05, 3.63) is 210 Å². The van der Waals surface area contributed by atoms with Crippen molar-refractivity contribution in [2.75, 3.05) is 0 Å². The molecule has 0 amide bonds. The second-order valence-corrected chi connectivity index (χ2v) is 13.3. The van der Waals surface area contributed by atoms with Crippen LogP contribution in [-0.2, 0) is 30.7 Å². The molecule has 0 atom stereocenters. The summed E-state index contributed by atoms with van der Waals surface area (Å²) < 4.78 is 1.42. The largest absolute Gasteiger partial charge is 0.214 e. The molecule has 0 aromatic heterocycles. The summed E-state index contributed by atoms with van der Waals surface area (Å²) in [6, 6.07) is 67.8. The summed E-state index contributed by atoms with van der Waals surface area (Å²) in [6.45, 7) is 0. The maximum Gasteiger partial charge on any atom is -0.0240 e. The molecule has 3 heteroatoms. The van der Waals surface area contributed by atoms with Crippen LogP contribution < -0.4 is 24.8 Å². The van der Waals surface area contributed by atoms with Gasteiger partial charge in [0.1, 0.15) is 0 Å². The fourth-order valence-corrected chi connectivity index (χ4v) is 8.15. The first kappa shape index (κ1) is 35.3. The molecule has 9 aromatic rings. The Bertz CT molecular complexity index is 2460. The second kappa shape index (κ2) is 16.0. The summed E-state index contributed by atoms with van der Waals surface area (Å²) in [7, 11) is 0. The average molecular weight is 759 g/mol. The quantitative estimate of drug-likeness (QED) is 0.153. The van der Waals surface area contributed by atoms with Gasteiger partial charge >= 0.3 is 145 Å². The zero-order valence-corrected chi connectivity index (χ0v) is 31.3. The number of fused-ring (bicyclic) bond motifs is 10. The van der Waals surface area contributed by atoms with Crippen LogP contribution in [0, 0.1) is 6.07 Å². The molecule has 0 unspecified atom stereocenters. The van der Waals surface area contributed by atoms with Crippen LogP contribution in [0.4, 0.5) is 0 Å². The van der Waals surface area contributed by atoms with Crippen LogP contribution >= 0.6 is 0 Å². The van der Waals surface area contributed by atoms with E-state index in [4.69, 9.17) is 0 Å². The van der Waals surface area contributed by atoms with Gasteiger partial charge in [-0.3, -0.25) is 0 Å². The smallest absolute Gasteiger partial charge is 0.0240 e. The maximum atomic E-state index is 3.48. The molecule has 1 aliphatic carbocycles. The molecule has 0 radical (unpaired) electrons. The van der Waals surface area contributed by atoms with Gasteiger partial charge in [-0.25, -0.2) is 12.1 Å². The molecule has 0 bridgehead atoms. The molecular weight excluding hydrogens is 727 g/mol. The molecule has 50 heavy (non-hydrogen) atoms. The van der Waals surface area contributed by atoms with Gasteiger partial charge in [0.05, 0.1) is 0 Å². The standard InChI is InChI=1S/C21H13.C21H14.C5H5.2ClH.Zr/c1-2-8-15-14(7-1)13-20-18-11-4-3-9-16(18)17-10-5-6-12-19(17)21(15)20;1-3-13-20-16(7-1)9-5-11-18(20)15-19-12-6-10-17-8-2-4-14-21(17)19;1-2-4-5-3-1;;;/h1-10,12H,13H2;1-14H;1-5H;2*1H;/q-1;;-1;;;+2/p-2. The molecule has 0 spiro atoms. The first-order chi connectivity index (χ1) is 23.8. The van der Waals surface area contributed by atoms with E-state index in [0.29, 0.717) is 0 Å². The van der Waals surface area contributed by atoms with Crippen LogP contribution in [0.3, 0.4) is 0 Å². The van der Waals surface area contributed by atoms with Crippen molar-refractivity contribution in [2.24, 2.45) is 0 Å². The zero-order chi connectivity index (χ0) is 32.3. The van der Waals surface area contributed by atoms with Crippen LogP contribution in [-0.4, -0.2) is 3.21 Å². The van der Waals surface area contributed by atoms with Gasteiger partial charge in [-0.15, -0.1) is 40.6 Å². The first-order valence-corrected chi connectivity index (χ1v) is 17.6. The van der Waals surface area contributed by atoms with E-state index in [1.54, 1.807) is 0 Å². The molecule has 0 heterocycles. The molecule has 0 fully saturated rings. The van der Waals surface area contributed by atoms with Crippen molar-refractivity contribution in [3.8, 4) is 11.1 Å². The Morgan fingerprint density at radius 3 is 1.64 bits per heavy atom. The fourth-order valence-electron chi connectivity index (χ4n) is 7.08. The average Bonchev–Trinajstić information content (AvgIpc) is 3.88. The molecule has 0 nitrogen and oxygen atoms in total. The molecule has 1 aliphatic rings. The van der Waals surface area contributed by atoms with E-state index >= 15 is 0 Å². The van der Waals surface area contributed by atoms with E-state index in [1.165, 1.54) is 104 Å². The summed E-state index contributed by atoms with van der Waals surface area (Å²) in [5.74, 6) is 0. The Hall–Kier alpha value is -4.52. The topological polar surface area (TPSA) is 0 Å². The van der Waals surface area contributed by atoms with Gasteiger partial charge in [-0.05, 0) is 28.5 Å². The van der Waals surface area contributed by atoms with Gasteiger partial charge in [0, 0.05) is 0 Å². The van der Waals surface area contributed by atoms with Crippen LogP contribution in [0.15, 0.2) is 182 Å². The van der Waals surface area contributed by atoms with Gasteiger partial charge in [0.15, 0.2) is 0 Å². The number of hydrogen-bond acceptors (Lipinski definition) is 0. The Kier molecular flexibility index (Phi) is 11.3. The molecule has 0 N–H and O–H groups in total. The van der Waals surface area contributed by atoms with E-state index in [9.17, 15) is 0 Å². The SMILES string of the molecule is [Cl-].[Cl-].[Zr+2]=[C](c1cccc2ccccc12)c1cccc2ccccc12.[c-]1cccc2c1c1c(c3ccccc32)-c2ccccc2C1.c1cc[cH-]c1. The summed E-state index contributed by atoms with van der Waals surface area (Å²) in [5.41, 5.74) is 8.38. The molecule has 0 saturated heterocycles. The predicted molar refractivity (Wildman–Crippen MR) is 202 cm³/mol. The van der Waals surface area contributed by atoms with Gasteiger partial charge in [0.25, 0.3) is 0 Å². The Balaban J connectivity index is 0.000000147. The van der Waals surface area contributed by atoms with Crippen molar-refractivity contribution in [3.63, 3.8) is 0 Å². The predicted octanol–water partition coefficient (Wildman–Crippen LogP) is 5.89. The number of halogens is 2. The third-order valence-electron chi connectivity index (χ3n) is 9.27. The van der Waals surface area contributed by atoms with Crippen LogP contribution in [0.25, 0.3) is 54.2 Å². The minimum atomic E-state index is 0. The van der Waals surface area contributed by atoms with Gasteiger partial charge in [-0.1, -0.05) is 53.9 Å². The van der Waals surface area contributed by atoms with Crippen molar-refractivity contribution in [2.45, 2.75) is 6.42 Å². The van der Waals surface area contributed by atoms with E-state index in [-0.39, 0.29) is 24.8 Å². The Morgan fingerprint density at radius 1 is 0.500 bits per heavy atom. The number of benzene rings is 8. The van der Waals surface area contributed by atoms with Crippen molar-refractivity contribution in [1.29, 1.82) is 0 Å². The number of rotatable bonds is 2. The van der Waals surface area contributed by atoms with Gasteiger partial charge in [0.2, 0.25) is 0 Å². The third-order valence-corrected chi connectivity index (χ3v) is 10.6. The summed E-state index contributed by atoms with van der Waals surface area (Å²) in [6.07, 6.45) is 1.02. The molecular formula is C47H32Cl2Zr-2. The zero-order valence-electron chi connectivity index (χ0n) is 27.3. The third kappa shape index (κ3) is 6.79. The molecule has 240 valence electrons. The fraction of sp³-hybridized carbons (Fsp3) is 0.0213. The molecule has 0 aliphatic heterocycles. The van der Waals surface area contributed by atoms with Gasteiger partial charge < -0.3 is 24.8 Å². The van der Waals surface area contributed by atoms with E-state index < -0.39 is 0 Å². The summed E-state index contributed by atoms with van der Waals surface area (Å²) >= 11 is 1.44. The Labute approximate surface area is 320 Å². The maximum absolute atomic E-state index is 3.48. The minimum Gasteiger partial charge on any atom is -0.214 e. The molecule has 10 rings (SSSR count).